The number of benzene rings is 2. The van der Waals surface area contributed by atoms with Crippen LogP contribution in [0, 0.1) is 18.3 Å². The van der Waals surface area contributed by atoms with Gasteiger partial charge in [0.25, 0.3) is 0 Å². The number of aryl methyl sites for hydroxylation is 1. The first-order chi connectivity index (χ1) is 15.6. The van der Waals surface area contributed by atoms with E-state index >= 15 is 0 Å². The van der Waals surface area contributed by atoms with E-state index in [0.29, 0.717) is 5.75 Å². The van der Waals surface area contributed by atoms with E-state index in [1.54, 1.807) is 0 Å². The Hall–Kier alpha value is -3.19. The van der Waals surface area contributed by atoms with Crippen molar-refractivity contribution in [2.75, 3.05) is 25.2 Å². The third-order valence-electron chi connectivity index (χ3n) is 7.21. The monoisotopic (exact) mass is 430 g/mol. The first kappa shape index (κ1) is 19.5. The Morgan fingerprint density at radius 1 is 1.09 bits per heavy atom. The van der Waals surface area contributed by atoms with Crippen LogP contribution < -0.4 is 14.8 Å². The number of anilines is 1. The van der Waals surface area contributed by atoms with E-state index in [2.05, 4.69) is 10.2 Å². The first-order valence-electron chi connectivity index (χ1n) is 11.2. The molecule has 3 heterocycles. The summed E-state index contributed by atoms with van der Waals surface area (Å²) >= 11 is 0. The average molecular weight is 431 g/mol. The zero-order valence-electron chi connectivity index (χ0n) is 18.1. The summed E-state index contributed by atoms with van der Waals surface area (Å²) in [6.07, 6.45) is 3.07. The van der Waals surface area contributed by atoms with E-state index in [9.17, 15) is 4.79 Å². The van der Waals surface area contributed by atoms with E-state index in [0.717, 1.165) is 72.8 Å². The fourth-order valence-electron chi connectivity index (χ4n) is 5.12. The highest BCUT2D eigenvalue weighted by Gasteiger charge is 2.58. The third-order valence-corrected chi connectivity index (χ3v) is 7.21. The molecule has 1 spiro atoms. The second-order valence-electron chi connectivity index (χ2n) is 9.20. The van der Waals surface area contributed by atoms with Gasteiger partial charge in [0.1, 0.15) is 0 Å². The first-order valence-corrected chi connectivity index (χ1v) is 11.2. The van der Waals surface area contributed by atoms with Crippen molar-refractivity contribution >= 4 is 22.6 Å². The van der Waals surface area contributed by atoms with Gasteiger partial charge in [-0.1, -0.05) is 12.1 Å². The van der Waals surface area contributed by atoms with Gasteiger partial charge in [0.05, 0.1) is 22.4 Å². The Morgan fingerprint density at radius 3 is 2.66 bits per heavy atom. The fourth-order valence-corrected chi connectivity index (χ4v) is 5.12. The maximum Gasteiger partial charge on any atom is 0.231 e. The Balaban J connectivity index is 1.06. The molecule has 164 valence electrons. The second kappa shape index (κ2) is 7.45. The van der Waals surface area contributed by atoms with E-state index in [1.807, 2.05) is 49.4 Å². The van der Waals surface area contributed by atoms with Gasteiger partial charge in [0.15, 0.2) is 11.5 Å². The predicted molar refractivity (Wildman–Crippen MR) is 121 cm³/mol. The van der Waals surface area contributed by atoms with Crippen molar-refractivity contribution in [1.82, 2.24) is 14.9 Å². The van der Waals surface area contributed by atoms with Crippen LogP contribution in [0.3, 0.4) is 0 Å². The lowest BCUT2D eigenvalue weighted by Crippen LogP contribution is -2.36. The van der Waals surface area contributed by atoms with Gasteiger partial charge in [-0.25, -0.2) is 9.97 Å². The van der Waals surface area contributed by atoms with Gasteiger partial charge in [-0.15, -0.1) is 0 Å². The standard InChI is InChI=1S/C25H26N4O3/c1-16-21(28-20-5-3-2-4-19(20)26-16)14-29-10-8-25(9-11-29)13-18(25)24(30)27-17-6-7-22-23(12-17)32-15-31-22/h2-7,12,18H,8-11,13-15H2,1H3,(H,27,30). The lowest BCUT2D eigenvalue weighted by atomic mass is 9.90. The number of likely N-dealkylation sites (tertiary alicyclic amines) is 1. The molecule has 2 aromatic carbocycles. The van der Waals surface area contributed by atoms with Gasteiger partial charge < -0.3 is 14.8 Å². The molecule has 1 atom stereocenters. The van der Waals surface area contributed by atoms with Crippen molar-refractivity contribution in [3.05, 3.63) is 53.9 Å². The molecule has 0 bridgehead atoms. The van der Waals surface area contributed by atoms with Crippen LogP contribution in [0.5, 0.6) is 11.5 Å². The molecular formula is C25H26N4O3. The smallest absolute Gasteiger partial charge is 0.231 e. The van der Waals surface area contributed by atoms with Crippen LogP contribution in [-0.4, -0.2) is 40.7 Å². The summed E-state index contributed by atoms with van der Waals surface area (Å²) < 4.78 is 10.8. The maximum atomic E-state index is 12.9. The molecular weight excluding hydrogens is 404 g/mol. The molecule has 1 unspecified atom stereocenters. The SMILES string of the molecule is Cc1nc2ccccc2nc1CN1CCC2(CC1)CC2C(=O)Nc1ccc2c(c1)OCO2. The van der Waals surface area contributed by atoms with Crippen LogP contribution in [-0.2, 0) is 11.3 Å². The van der Waals surface area contributed by atoms with Crippen LogP contribution in [0.25, 0.3) is 11.0 Å². The van der Waals surface area contributed by atoms with Crippen molar-refractivity contribution in [2.24, 2.45) is 11.3 Å². The minimum Gasteiger partial charge on any atom is -0.454 e. The highest BCUT2D eigenvalue weighted by Crippen LogP contribution is 2.59. The zero-order chi connectivity index (χ0) is 21.7. The minimum atomic E-state index is 0.0947. The van der Waals surface area contributed by atoms with Crippen LogP contribution in [0.1, 0.15) is 30.7 Å². The summed E-state index contributed by atoms with van der Waals surface area (Å²) in [5.41, 5.74) is 4.86. The molecule has 2 aliphatic heterocycles. The lowest BCUT2D eigenvalue weighted by Gasteiger charge is -2.32. The van der Waals surface area contributed by atoms with Gasteiger partial charge in [0, 0.05) is 24.2 Å². The highest BCUT2D eigenvalue weighted by molar-refractivity contribution is 5.95. The molecule has 3 aromatic rings. The molecule has 3 aliphatic rings. The van der Waals surface area contributed by atoms with E-state index in [-0.39, 0.29) is 24.0 Å². The van der Waals surface area contributed by atoms with E-state index in [1.165, 1.54) is 0 Å². The van der Waals surface area contributed by atoms with Crippen molar-refractivity contribution in [3.8, 4) is 11.5 Å². The van der Waals surface area contributed by atoms with Crippen molar-refractivity contribution in [2.45, 2.75) is 32.7 Å². The van der Waals surface area contributed by atoms with Gasteiger partial charge >= 0.3 is 0 Å². The topological polar surface area (TPSA) is 76.6 Å². The van der Waals surface area contributed by atoms with Crippen LogP contribution in [0.2, 0.25) is 0 Å². The van der Waals surface area contributed by atoms with Gasteiger partial charge in [-0.2, -0.15) is 0 Å². The number of para-hydroxylation sites is 2. The lowest BCUT2D eigenvalue weighted by molar-refractivity contribution is -0.118. The number of aromatic nitrogens is 2. The summed E-state index contributed by atoms with van der Waals surface area (Å²) in [5.74, 6) is 1.63. The largest absolute Gasteiger partial charge is 0.454 e. The molecule has 1 saturated heterocycles. The van der Waals surface area contributed by atoms with Gasteiger partial charge in [-0.3, -0.25) is 9.69 Å². The number of piperidine rings is 1. The number of nitrogens with one attached hydrogen (secondary N) is 1. The molecule has 0 radical (unpaired) electrons. The number of rotatable bonds is 4. The molecule has 1 aliphatic carbocycles. The number of carbonyl (C=O) groups is 1. The molecule has 7 heteroatoms. The summed E-state index contributed by atoms with van der Waals surface area (Å²) in [4.78, 5) is 24.9. The minimum absolute atomic E-state index is 0.0947. The number of amides is 1. The Kier molecular flexibility index (Phi) is 4.54. The average Bonchev–Trinajstić information content (AvgIpc) is 3.29. The van der Waals surface area contributed by atoms with Crippen molar-refractivity contribution < 1.29 is 14.3 Å². The number of fused-ring (bicyclic) bond motifs is 2. The summed E-state index contributed by atoms with van der Waals surface area (Å²) in [5, 5.41) is 3.07. The van der Waals surface area contributed by atoms with Gasteiger partial charge in [-0.05, 0) is 69.0 Å². The number of ether oxygens (including phenoxy) is 2. The highest BCUT2D eigenvalue weighted by atomic mass is 16.7. The van der Waals surface area contributed by atoms with Crippen molar-refractivity contribution in [1.29, 1.82) is 0 Å². The molecule has 1 aromatic heterocycles. The molecule has 7 nitrogen and oxygen atoms in total. The molecule has 1 saturated carbocycles. The van der Waals surface area contributed by atoms with Crippen LogP contribution in [0.15, 0.2) is 42.5 Å². The molecule has 6 rings (SSSR count). The quantitative estimate of drug-likeness (QED) is 0.676. The fraction of sp³-hybridized carbons (Fsp3) is 0.400. The normalized spacial score (nSPS) is 21.1. The second-order valence-corrected chi connectivity index (χ2v) is 9.20. The van der Waals surface area contributed by atoms with Crippen LogP contribution >= 0.6 is 0 Å². The Morgan fingerprint density at radius 2 is 1.84 bits per heavy atom. The number of hydrogen-bond acceptors (Lipinski definition) is 6. The molecule has 32 heavy (non-hydrogen) atoms. The Bertz CT molecular complexity index is 1200. The van der Waals surface area contributed by atoms with E-state index in [4.69, 9.17) is 19.4 Å². The van der Waals surface area contributed by atoms with Crippen LogP contribution in [0.4, 0.5) is 5.69 Å². The van der Waals surface area contributed by atoms with E-state index < -0.39 is 0 Å². The Labute approximate surface area is 186 Å². The summed E-state index contributed by atoms with van der Waals surface area (Å²) in [6, 6.07) is 13.6. The maximum absolute atomic E-state index is 12.9. The number of nitrogens with zero attached hydrogens (tertiary/aromatic N) is 3. The molecule has 1 amide bonds. The van der Waals surface area contributed by atoms with Gasteiger partial charge in [0.2, 0.25) is 12.7 Å². The summed E-state index contributed by atoms with van der Waals surface area (Å²) in [6.45, 7) is 5.06. The number of hydrogen-bond donors (Lipinski definition) is 1. The van der Waals surface area contributed by atoms with Crippen molar-refractivity contribution in [3.63, 3.8) is 0 Å². The zero-order valence-corrected chi connectivity index (χ0v) is 18.1. The molecule has 2 fully saturated rings. The summed E-state index contributed by atoms with van der Waals surface area (Å²) in [7, 11) is 0. The molecule has 1 N–H and O–H groups in total. The predicted octanol–water partition coefficient (Wildman–Crippen LogP) is 3.91. The number of carbonyl (C=O) groups excluding carboxylic acids is 1. The third kappa shape index (κ3) is 3.46.